The zero-order valence-electron chi connectivity index (χ0n) is 14.4. The van der Waals surface area contributed by atoms with Gasteiger partial charge < -0.3 is 9.84 Å². The van der Waals surface area contributed by atoms with Crippen LogP contribution in [0.2, 0.25) is 5.02 Å². The van der Waals surface area contributed by atoms with E-state index in [2.05, 4.69) is 12.1 Å². The van der Waals surface area contributed by atoms with Gasteiger partial charge in [-0.3, -0.25) is 0 Å². The van der Waals surface area contributed by atoms with Crippen molar-refractivity contribution < 1.29 is 9.84 Å². The zero-order chi connectivity index (χ0) is 18.4. The van der Waals surface area contributed by atoms with Crippen molar-refractivity contribution in [1.82, 2.24) is 5.01 Å². The van der Waals surface area contributed by atoms with E-state index >= 15 is 0 Å². The van der Waals surface area contributed by atoms with Crippen molar-refractivity contribution in [3.63, 3.8) is 0 Å². The van der Waals surface area contributed by atoms with Crippen molar-refractivity contribution in [1.29, 1.82) is 0 Å². The number of hydrazone groups is 1. The van der Waals surface area contributed by atoms with Crippen LogP contribution in [0.1, 0.15) is 35.4 Å². The predicted molar refractivity (Wildman–Crippen MR) is 105 cm³/mol. The Bertz CT molecular complexity index is 1040. The Balaban J connectivity index is 1.64. The molecule has 0 saturated heterocycles. The second kappa shape index (κ2) is 6.32. The van der Waals surface area contributed by atoms with Crippen LogP contribution in [-0.2, 0) is 0 Å². The fraction of sp³-hybridized carbons (Fsp3) is 0.136. The average Bonchev–Trinajstić information content (AvgIpc) is 3.15. The van der Waals surface area contributed by atoms with E-state index in [0.717, 1.165) is 29.0 Å². The number of benzene rings is 3. The highest BCUT2D eigenvalue weighted by molar-refractivity contribution is 6.30. The second-order valence-corrected chi connectivity index (χ2v) is 7.16. The molecule has 0 aromatic heterocycles. The lowest BCUT2D eigenvalue weighted by Gasteiger charge is -2.38. The monoisotopic (exact) mass is 376 g/mol. The Morgan fingerprint density at radius 3 is 2.56 bits per heavy atom. The van der Waals surface area contributed by atoms with E-state index in [9.17, 15) is 5.11 Å². The fourth-order valence-electron chi connectivity index (χ4n) is 3.76. The summed E-state index contributed by atoms with van der Waals surface area (Å²) in [5, 5.41) is 17.9. The summed E-state index contributed by atoms with van der Waals surface area (Å²) in [5.41, 5.74) is 3.80. The highest BCUT2D eigenvalue weighted by Gasteiger charge is 2.41. The van der Waals surface area contributed by atoms with E-state index in [4.69, 9.17) is 21.4 Å². The number of rotatable bonds is 2. The summed E-state index contributed by atoms with van der Waals surface area (Å²) >= 11 is 6.25. The third-order valence-corrected chi connectivity index (χ3v) is 5.30. The van der Waals surface area contributed by atoms with Gasteiger partial charge in [0.05, 0.1) is 17.3 Å². The van der Waals surface area contributed by atoms with Crippen LogP contribution < -0.4 is 4.74 Å². The fourth-order valence-corrected chi connectivity index (χ4v) is 3.95. The van der Waals surface area contributed by atoms with Gasteiger partial charge in [-0.15, -0.1) is 0 Å². The number of aromatic hydroxyl groups is 1. The summed E-state index contributed by atoms with van der Waals surface area (Å²) in [5.74, 6) is 0.973. The van der Waals surface area contributed by atoms with Crippen LogP contribution in [-0.4, -0.2) is 15.8 Å². The van der Waals surface area contributed by atoms with Crippen molar-refractivity contribution in [2.75, 3.05) is 0 Å². The number of nitrogens with zero attached hydrogens (tertiary/aromatic N) is 2. The first-order chi connectivity index (χ1) is 13.2. The number of phenolic OH excluding ortho intramolecular Hbond substituents is 1. The van der Waals surface area contributed by atoms with E-state index < -0.39 is 6.23 Å². The quantitative estimate of drug-likeness (QED) is 0.661. The van der Waals surface area contributed by atoms with Gasteiger partial charge in [-0.2, -0.15) is 5.10 Å². The molecule has 2 heterocycles. The molecule has 5 rings (SSSR count). The van der Waals surface area contributed by atoms with Crippen molar-refractivity contribution in [3.8, 4) is 11.5 Å². The molecule has 3 aromatic rings. The van der Waals surface area contributed by atoms with E-state index in [0.29, 0.717) is 10.6 Å². The highest BCUT2D eigenvalue weighted by Crippen LogP contribution is 2.49. The first kappa shape index (κ1) is 16.2. The second-order valence-electron chi connectivity index (χ2n) is 6.72. The van der Waals surface area contributed by atoms with Gasteiger partial charge in [-0.05, 0) is 35.9 Å². The number of fused-ring (bicyclic) bond motifs is 3. The number of halogens is 1. The van der Waals surface area contributed by atoms with Crippen molar-refractivity contribution in [2.45, 2.75) is 18.7 Å². The summed E-state index contributed by atoms with van der Waals surface area (Å²) in [6.07, 6.45) is 0.260. The van der Waals surface area contributed by atoms with Gasteiger partial charge in [0.1, 0.15) is 11.5 Å². The molecule has 2 atom stereocenters. The Morgan fingerprint density at radius 2 is 1.74 bits per heavy atom. The largest absolute Gasteiger partial charge is 0.507 e. The molecule has 0 saturated carbocycles. The molecule has 1 N–H and O–H groups in total. The summed E-state index contributed by atoms with van der Waals surface area (Å²) in [6.45, 7) is 0. The first-order valence-electron chi connectivity index (χ1n) is 8.86. The van der Waals surface area contributed by atoms with Crippen molar-refractivity contribution >= 4 is 17.3 Å². The van der Waals surface area contributed by atoms with Gasteiger partial charge in [0.25, 0.3) is 0 Å². The smallest absolute Gasteiger partial charge is 0.217 e. The van der Waals surface area contributed by atoms with Gasteiger partial charge in [0.2, 0.25) is 6.23 Å². The number of hydrogen-bond acceptors (Lipinski definition) is 4. The average molecular weight is 377 g/mol. The Morgan fingerprint density at radius 1 is 0.963 bits per heavy atom. The van der Waals surface area contributed by atoms with Crippen LogP contribution in [0, 0.1) is 0 Å². The molecular formula is C22H17ClN2O2. The predicted octanol–water partition coefficient (Wildman–Crippen LogP) is 5.29. The molecule has 0 radical (unpaired) electrons. The first-order valence-corrected chi connectivity index (χ1v) is 9.24. The summed E-state index contributed by atoms with van der Waals surface area (Å²) < 4.78 is 6.25. The van der Waals surface area contributed by atoms with Crippen LogP contribution >= 0.6 is 11.6 Å². The standard InChI is InChI=1S/C22H17ClN2O2/c23-15-10-11-21-17(12-15)19-13-18(14-6-2-1-3-7-14)24-25(19)22(27-21)16-8-4-5-9-20(16)26/h1-12,19,22,26H,13H2/t19-,22-/m1/s1. The minimum atomic E-state index is -0.494. The van der Waals surface area contributed by atoms with Crippen molar-refractivity contribution in [3.05, 3.63) is 94.5 Å². The molecule has 0 bridgehead atoms. The molecule has 2 aliphatic rings. The summed E-state index contributed by atoms with van der Waals surface area (Å²) in [7, 11) is 0. The number of hydrogen-bond donors (Lipinski definition) is 1. The molecule has 0 amide bonds. The molecule has 5 heteroatoms. The third kappa shape index (κ3) is 2.73. The van der Waals surface area contributed by atoms with Gasteiger partial charge in [0, 0.05) is 17.0 Å². The topological polar surface area (TPSA) is 45.1 Å². The van der Waals surface area contributed by atoms with E-state index in [1.54, 1.807) is 12.1 Å². The SMILES string of the molecule is Oc1ccccc1[C@H]1Oc2ccc(Cl)cc2[C@H]2CC(c3ccccc3)=NN21. The molecule has 0 aliphatic carbocycles. The Kier molecular flexibility index (Phi) is 3.80. The maximum atomic E-state index is 10.4. The molecule has 27 heavy (non-hydrogen) atoms. The van der Waals surface area contributed by atoms with Gasteiger partial charge in [-0.25, -0.2) is 5.01 Å². The number of phenols is 1. The van der Waals surface area contributed by atoms with Gasteiger partial charge in [-0.1, -0.05) is 54.1 Å². The van der Waals surface area contributed by atoms with E-state index in [1.165, 1.54) is 0 Å². The maximum Gasteiger partial charge on any atom is 0.217 e. The van der Waals surface area contributed by atoms with Crippen LogP contribution in [0.4, 0.5) is 0 Å². The molecule has 134 valence electrons. The van der Waals surface area contributed by atoms with Crippen LogP contribution in [0.5, 0.6) is 11.5 Å². The highest BCUT2D eigenvalue weighted by atomic mass is 35.5. The molecule has 0 spiro atoms. The zero-order valence-corrected chi connectivity index (χ0v) is 15.2. The third-order valence-electron chi connectivity index (χ3n) is 5.06. The number of para-hydroxylation sites is 1. The molecule has 0 fully saturated rings. The van der Waals surface area contributed by atoms with Crippen molar-refractivity contribution in [2.24, 2.45) is 5.10 Å². The summed E-state index contributed by atoms with van der Waals surface area (Å²) in [4.78, 5) is 0. The lowest BCUT2D eigenvalue weighted by atomic mass is 9.96. The maximum absolute atomic E-state index is 10.4. The minimum Gasteiger partial charge on any atom is -0.507 e. The molecule has 3 aromatic carbocycles. The lowest BCUT2D eigenvalue weighted by Crippen LogP contribution is -2.33. The molecule has 2 aliphatic heterocycles. The molecular weight excluding hydrogens is 360 g/mol. The van der Waals surface area contributed by atoms with E-state index in [-0.39, 0.29) is 11.8 Å². The number of ether oxygens (including phenoxy) is 1. The minimum absolute atomic E-state index is 0.00672. The van der Waals surface area contributed by atoms with Gasteiger partial charge >= 0.3 is 0 Å². The molecule has 4 nitrogen and oxygen atoms in total. The Labute approximate surface area is 162 Å². The normalized spacial score (nSPS) is 20.5. The van der Waals surface area contributed by atoms with Crippen LogP contribution in [0.3, 0.4) is 0 Å². The summed E-state index contributed by atoms with van der Waals surface area (Å²) in [6, 6.07) is 23.0. The lowest BCUT2D eigenvalue weighted by molar-refractivity contribution is -0.0203. The Hall–Kier alpha value is -2.98. The molecule has 0 unspecified atom stereocenters. The van der Waals surface area contributed by atoms with Gasteiger partial charge in [0.15, 0.2) is 0 Å². The van der Waals surface area contributed by atoms with E-state index in [1.807, 2.05) is 53.5 Å². The van der Waals surface area contributed by atoms with Crippen LogP contribution in [0.25, 0.3) is 0 Å². The van der Waals surface area contributed by atoms with Crippen LogP contribution in [0.15, 0.2) is 77.9 Å².